The van der Waals surface area contributed by atoms with Crippen LogP contribution in [0, 0.1) is 0 Å². The molecule has 0 N–H and O–H groups in total. The number of dihydropyridines is 1. The van der Waals surface area contributed by atoms with Crippen molar-refractivity contribution in [3.63, 3.8) is 0 Å². The van der Waals surface area contributed by atoms with Gasteiger partial charge < -0.3 is 0 Å². The summed E-state index contributed by atoms with van der Waals surface area (Å²) in [6, 6.07) is 14.5. The molecule has 0 fully saturated rings. The van der Waals surface area contributed by atoms with Crippen LogP contribution in [0.5, 0.6) is 0 Å². The predicted molar refractivity (Wildman–Crippen MR) is 91.9 cm³/mol. The van der Waals surface area contributed by atoms with Gasteiger partial charge in [0.25, 0.3) is 6.71 Å². The molecule has 3 heteroatoms. The van der Waals surface area contributed by atoms with E-state index in [0.717, 1.165) is 29.7 Å². The molecule has 0 bridgehead atoms. The molecule has 2 aromatic rings. The molecule has 21 heavy (non-hydrogen) atoms. The standard InChI is InChI=1S/C18H17BN2/c1-2-15-9-11-16(12-10-15)19(17-7-3-5-13-20-17)18-8-4-6-14-21-18/h2-5,7-13H,1,6,14H2. The van der Waals surface area contributed by atoms with Gasteiger partial charge in [0.05, 0.1) is 0 Å². The molecule has 1 aliphatic rings. The van der Waals surface area contributed by atoms with Gasteiger partial charge in [-0.2, -0.15) is 0 Å². The second-order valence-electron chi connectivity index (χ2n) is 5.06. The van der Waals surface area contributed by atoms with Gasteiger partial charge >= 0.3 is 0 Å². The van der Waals surface area contributed by atoms with E-state index in [1.807, 2.05) is 24.4 Å². The highest BCUT2D eigenvalue weighted by Crippen LogP contribution is 2.04. The molecule has 0 spiro atoms. The molecule has 2 heterocycles. The molecule has 0 radical (unpaired) electrons. The van der Waals surface area contributed by atoms with E-state index < -0.39 is 0 Å². The fourth-order valence-electron chi connectivity index (χ4n) is 2.58. The summed E-state index contributed by atoms with van der Waals surface area (Å²) in [5.41, 5.74) is 4.46. The number of allylic oxidation sites excluding steroid dienone is 1. The molecule has 2 nitrogen and oxygen atoms in total. The van der Waals surface area contributed by atoms with Crippen LogP contribution in [0.3, 0.4) is 0 Å². The lowest BCUT2D eigenvalue weighted by Gasteiger charge is -2.16. The van der Waals surface area contributed by atoms with Gasteiger partial charge in [-0.3, -0.25) is 9.98 Å². The molecular weight excluding hydrogens is 255 g/mol. The van der Waals surface area contributed by atoms with Gasteiger partial charge in [0.15, 0.2) is 0 Å². The van der Waals surface area contributed by atoms with Crippen molar-refractivity contribution in [1.82, 2.24) is 4.98 Å². The molecule has 0 atom stereocenters. The fourth-order valence-corrected chi connectivity index (χ4v) is 2.58. The highest BCUT2D eigenvalue weighted by Gasteiger charge is 2.25. The maximum Gasteiger partial charge on any atom is 0.287 e. The first-order valence-corrected chi connectivity index (χ1v) is 7.22. The quantitative estimate of drug-likeness (QED) is 0.784. The fraction of sp³-hybridized carbons (Fsp3) is 0.111. The maximum atomic E-state index is 4.69. The van der Waals surface area contributed by atoms with Crippen molar-refractivity contribution in [1.29, 1.82) is 0 Å². The molecule has 3 rings (SSSR count). The summed E-state index contributed by atoms with van der Waals surface area (Å²) in [5, 5.41) is 0. The third-order valence-electron chi connectivity index (χ3n) is 3.66. The minimum absolute atomic E-state index is 0.0987. The average Bonchev–Trinajstić information content (AvgIpc) is 2.58. The first-order chi connectivity index (χ1) is 10.4. The predicted octanol–water partition coefficient (Wildman–Crippen LogP) is 2.27. The van der Waals surface area contributed by atoms with E-state index in [-0.39, 0.29) is 6.71 Å². The van der Waals surface area contributed by atoms with E-state index in [0.29, 0.717) is 0 Å². The van der Waals surface area contributed by atoms with Crippen molar-refractivity contribution >= 4 is 29.5 Å². The summed E-state index contributed by atoms with van der Waals surface area (Å²) in [6.45, 7) is 4.77. The zero-order chi connectivity index (χ0) is 14.5. The van der Waals surface area contributed by atoms with Gasteiger partial charge in [0.2, 0.25) is 0 Å². The summed E-state index contributed by atoms with van der Waals surface area (Å²) >= 11 is 0. The summed E-state index contributed by atoms with van der Waals surface area (Å²) in [6.07, 6.45) is 9.04. The first-order valence-electron chi connectivity index (χ1n) is 7.22. The molecule has 1 aliphatic heterocycles. The number of nitrogens with zero attached hydrogens (tertiary/aromatic N) is 2. The third kappa shape index (κ3) is 3.02. The zero-order valence-electron chi connectivity index (χ0n) is 11.9. The Balaban J connectivity index is 2.04. The summed E-state index contributed by atoms with van der Waals surface area (Å²) in [5.74, 6) is 0. The van der Waals surface area contributed by atoms with Gasteiger partial charge in [0.1, 0.15) is 0 Å². The van der Waals surface area contributed by atoms with E-state index in [4.69, 9.17) is 4.99 Å². The van der Waals surface area contributed by atoms with E-state index in [2.05, 4.69) is 54.0 Å². The molecule has 102 valence electrons. The van der Waals surface area contributed by atoms with Gasteiger partial charge in [-0.25, -0.2) is 0 Å². The molecule has 0 saturated heterocycles. The average molecular weight is 272 g/mol. The van der Waals surface area contributed by atoms with Gasteiger partial charge in [-0.05, 0) is 24.1 Å². The second kappa shape index (κ2) is 6.36. The van der Waals surface area contributed by atoms with Crippen molar-refractivity contribution in [2.24, 2.45) is 4.99 Å². The lowest BCUT2D eigenvalue weighted by molar-refractivity contribution is 0.998. The number of hydrogen-bond donors (Lipinski definition) is 0. The monoisotopic (exact) mass is 272 g/mol. The molecular formula is C18H17BN2. The Labute approximate surface area is 126 Å². The largest absolute Gasteiger partial charge is 0.298 e. The van der Waals surface area contributed by atoms with Crippen LogP contribution < -0.4 is 11.1 Å². The number of benzene rings is 1. The van der Waals surface area contributed by atoms with Crippen molar-refractivity contribution in [3.05, 3.63) is 73.0 Å². The van der Waals surface area contributed by atoms with E-state index >= 15 is 0 Å². The molecule has 0 amide bonds. The summed E-state index contributed by atoms with van der Waals surface area (Å²) in [7, 11) is 0. The minimum atomic E-state index is 0.0987. The number of aromatic nitrogens is 1. The molecule has 1 aromatic heterocycles. The summed E-state index contributed by atoms with van der Waals surface area (Å²) < 4.78 is 0. The lowest BCUT2D eigenvalue weighted by atomic mass is 9.39. The molecule has 0 saturated carbocycles. The Morgan fingerprint density at radius 1 is 1.10 bits per heavy atom. The zero-order valence-corrected chi connectivity index (χ0v) is 11.9. The second-order valence-corrected chi connectivity index (χ2v) is 5.06. The van der Waals surface area contributed by atoms with E-state index in [1.165, 1.54) is 5.46 Å². The highest BCUT2D eigenvalue weighted by molar-refractivity contribution is 7.09. The van der Waals surface area contributed by atoms with Crippen molar-refractivity contribution in [2.75, 3.05) is 6.54 Å². The highest BCUT2D eigenvalue weighted by atomic mass is 14.7. The van der Waals surface area contributed by atoms with E-state index in [1.54, 1.807) is 0 Å². The van der Waals surface area contributed by atoms with Crippen LogP contribution in [0.15, 0.2) is 72.4 Å². The Morgan fingerprint density at radius 2 is 1.95 bits per heavy atom. The topological polar surface area (TPSA) is 25.2 Å². The Kier molecular flexibility index (Phi) is 4.11. The number of hydrogen-bond acceptors (Lipinski definition) is 2. The van der Waals surface area contributed by atoms with Crippen molar-refractivity contribution in [3.8, 4) is 0 Å². The first kappa shape index (κ1) is 13.6. The Hall–Kier alpha value is -2.42. The third-order valence-corrected chi connectivity index (χ3v) is 3.66. The number of rotatable bonds is 4. The smallest absolute Gasteiger partial charge is 0.287 e. The van der Waals surface area contributed by atoms with Crippen LogP contribution in [0.1, 0.15) is 12.0 Å². The molecule has 0 aliphatic carbocycles. The minimum Gasteiger partial charge on any atom is -0.298 e. The lowest BCUT2D eigenvalue weighted by Crippen LogP contribution is -2.50. The van der Waals surface area contributed by atoms with Crippen LogP contribution in [-0.4, -0.2) is 23.9 Å². The van der Waals surface area contributed by atoms with Crippen molar-refractivity contribution in [2.45, 2.75) is 6.42 Å². The van der Waals surface area contributed by atoms with Crippen LogP contribution in [-0.2, 0) is 0 Å². The summed E-state index contributed by atoms with van der Waals surface area (Å²) in [4.78, 5) is 9.23. The van der Waals surface area contributed by atoms with E-state index in [9.17, 15) is 0 Å². The van der Waals surface area contributed by atoms with Crippen LogP contribution in [0.2, 0.25) is 0 Å². The van der Waals surface area contributed by atoms with Crippen LogP contribution in [0.4, 0.5) is 0 Å². The van der Waals surface area contributed by atoms with Crippen LogP contribution >= 0.6 is 0 Å². The SMILES string of the molecule is C=Cc1ccc(B(C2=NCCC=C2)c2ccccn2)cc1. The Morgan fingerprint density at radius 3 is 2.57 bits per heavy atom. The Bertz CT molecular complexity index is 672. The normalized spacial score (nSPS) is 13.6. The van der Waals surface area contributed by atoms with Gasteiger partial charge in [0, 0.05) is 23.9 Å². The van der Waals surface area contributed by atoms with Gasteiger partial charge in [-0.1, -0.05) is 60.6 Å². The number of aliphatic imine (C=N–C) groups is 1. The molecule has 0 unspecified atom stereocenters. The van der Waals surface area contributed by atoms with Gasteiger partial charge in [-0.15, -0.1) is 0 Å². The maximum absolute atomic E-state index is 4.69. The number of pyridine rings is 1. The van der Waals surface area contributed by atoms with Crippen LogP contribution in [0.25, 0.3) is 6.08 Å². The molecule has 1 aromatic carbocycles. The van der Waals surface area contributed by atoms with Crippen molar-refractivity contribution < 1.29 is 0 Å².